The van der Waals surface area contributed by atoms with Crippen molar-refractivity contribution in [2.75, 3.05) is 0 Å². The number of aromatic nitrogens is 3. The van der Waals surface area contributed by atoms with Crippen molar-refractivity contribution in [3.63, 3.8) is 0 Å². The van der Waals surface area contributed by atoms with Gasteiger partial charge in [-0.25, -0.2) is 0 Å². The second kappa shape index (κ2) is 4.59. The Morgan fingerprint density at radius 3 is 2.67 bits per heavy atom. The van der Waals surface area contributed by atoms with Gasteiger partial charge in [0.15, 0.2) is 0 Å². The summed E-state index contributed by atoms with van der Waals surface area (Å²) in [6, 6.07) is 4.39. The van der Waals surface area contributed by atoms with Gasteiger partial charge in [0.1, 0.15) is 5.75 Å². The quantitative estimate of drug-likeness (QED) is 0.827. The fourth-order valence-electron chi connectivity index (χ4n) is 1.25. The van der Waals surface area contributed by atoms with Crippen LogP contribution < -0.4 is 4.74 Å². The monoisotopic (exact) mass is 255 g/mol. The summed E-state index contributed by atoms with van der Waals surface area (Å²) in [7, 11) is 0. The number of ether oxygens (including phenoxy) is 1. The molecule has 0 aliphatic heterocycles. The topological polar surface area (TPSA) is 47.9 Å². The van der Waals surface area contributed by atoms with Gasteiger partial charge in [0.05, 0.1) is 17.5 Å². The van der Waals surface area contributed by atoms with Crippen LogP contribution >= 0.6 is 0 Å². The molecule has 0 fully saturated rings. The highest BCUT2D eigenvalue weighted by molar-refractivity contribution is 5.31. The first-order valence-corrected chi connectivity index (χ1v) is 4.96. The summed E-state index contributed by atoms with van der Waals surface area (Å²) in [5, 5.41) is 7.15. The Hall–Kier alpha value is -2.18. The molecule has 0 unspecified atom stereocenters. The van der Waals surface area contributed by atoms with Gasteiger partial charge in [-0.2, -0.15) is 23.3 Å². The van der Waals surface area contributed by atoms with Gasteiger partial charge in [-0.15, -0.1) is 0 Å². The summed E-state index contributed by atoms with van der Waals surface area (Å²) in [6.45, 7) is 1.67. The van der Waals surface area contributed by atoms with Gasteiger partial charge in [0, 0.05) is 0 Å². The zero-order valence-electron chi connectivity index (χ0n) is 9.27. The first-order valence-electron chi connectivity index (χ1n) is 4.96. The van der Waals surface area contributed by atoms with Gasteiger partial charge >= 0.3 is 12.2 Å². The van der Waals surface area contributed by atoms with Crippen LogP contribution in [0.2, 0.25) is 0 Å². The molecule has 0 radical (unpaired) electrons. The minimum absolute atomic E-state index is 0.0113. The average Bonchev–Trinajstić information content (AvgIpc) is 2.28. The smallest absolute Gasteiger partial charge is 0.416 e. The van der Waals surface area contributed by atoms with E-state index in [9.17, 15) is 13.2 Å². The van der Waals surface area contributed by atoms with Gasteiger partial charge in [-0.3, -0.25) is 0 Å². The van der Waals surface area contributed by atoms with Gasteiger partial charge in [-0.1, -0.05) is 11.2 Å². The summed E-state index contributed by atoms with van der Waals surface area (Å²) >= 11 is 0. The Bertz CT molecular complexity index is 557. The summed E-state index contributed by atoms with van der Waals surface area (Å²) in [5.74, 6) is 0.0113. The average molecular weight is 255 g/mol. The molecule has 0 spiro atoms. The van der Waals surface area contributed by atoms with Crippen molar-refractivity contribution in [3.8, 4) is 11.8 Å². The number of hydrogen-bond donors (Lipinski definition) is 0. The van der Waals surface area contributed by atoms with Crippen molar-refractivity contribution >= 4 is 0 Å². The Balaban J connectivity index is 2.25. The molecule has 1 aromatic heterocycles. The molecule has 18 heavy (non-hydrogen) atoms. The van der Waals surface area contributed by atoms with E-state index in [1.807, 2.05) is 0 Å². The molecule has 0 saturated carbocycles. The SMILES string of the molecule is Cc1cnnc(Oc2cccc(C(F)(F)F)c2)n1. The second-order valence-corrected chi connectivity index (χ2v) is 3.51. The van der Waals surface area contributed by atoms with Gasteiger partial charge in [-0.05, 0) is 25.1 Å². The van der Waals surface area contributed by atoms with E-state index in [1.165, 1.54) is 18.3 Å². The van der Waals surface area contributed by atoms with Crippen LogP contribution in [0.4, 0.5) is 13.2 Å². The summed E-state index contributed by atoms with van der Waals surface area (Å²) in [5.41, 5.74) is -0.229. The van der Waals surface area contributed by atoms with Crippen molar-refractivity contribution in [3.05, 3.63) is 41.7 Å². The van der Waals surface area contributed by atoms with Gasteiger partial charge in [0.25, 0.3) is 0 Å². The molecule has 0 bridgehead atoms. The van der Waals surface area contributed by atoms with Gasteiger partial charge < -0.3 is 4.74 Å². The maximum Gasteiger partial charge on any atom is 0.416 e. The summed E-state index contributed by atoms with van der Waals surface area (Å²) < 4.78 is 42.5. The summed E-state index contributed by atoms with van der Waals surface area (Å²) in [4.78, 5) is 3.88. The van der Waals surface area contributed by atoms with Crippen LogP contribution in [-0.2, 0) is 6.18 Å². The molecule has 7 heteroatoms. The number of halogens is 3. The van der Waals surface area contributed by atoms with Crippen LogP contribution in [0.3, 0.4) is 0 Å². The molecule has 0 atom stereocenters. The van der Waals surface area contributed by atoms with Crippen molar-refractivity contribution < 1.29 is 17.9 Å². The van der Waals surface area contributed by atoms with E-state index in [-0.39, 0.29) is 11.8 Å². The van der Waals surface area contributed by atoms with Gasteiger partial charge in [0.2, 0.25) is 0 Å². The minimum atomic E-state index is -4.41. The van der Waals surface area contributed by atoms with Crippen LogP contribution in [0, 0.1) is 6.92 Å². The van der Waals surface area contributed by atoms with Crippen molar-refractivity contribution in [2.24, 2.45) is 0 Å². The second-order valence-electron chi connectivity index (χ2n) is 3.51. The molecule has 94 valence electrons. The highest BCUT2D eigenvalue weighted by Crippen LogP contribution is 2.32. The molecule has 4 nitrogen and oxygen atoms in total. The molecular formula is C11H8F3N3O. The minimum Gasteiger partial charge on any atom is -0.423 e. The third-order valence-electron chi connectivity index (χ3n) is 2.03. The molecule has 0 aliphatic carbocycles. The highest BCUT2D eigenvalue weighted by atomic mass is 19.4. The maximum absolute atomic E-state index is 12.5. The van der Waals surface area contributed by atoms with E-state index in [4.69, 9.17) is 4.74 Å². The van der Waals surface area contributed by atoms with Crippen LogP contribution in [-0.4, -0.2) is 15.2 Å². The number of alkyl halides is 3. The fraction of sp³-hybridized carbons (Fsp3) is 0.182. The van der Waals surface area contributed by atoms with Crippen LogP contribution in [0.5, 0.6) is 11.8 Å². The van der Waals surface area contributed by atoms with E-state index < -0.39 is 11.7 Å². The molecule has 1 aromatic carbocycles. The Kier molecular flexibility index (Phi) is 3.14. The molecule has 2 rings (SSSR count). The zero-order chi connectivity index (χ0) is 13.2. The van der Waals surface area contributed by atoms with E-state index in [0.29, 0.717) is 5.69 Å². The summed E-state index contributed by atoms with van der Waals surface area (Å²) in [6.07, 6.45) is -3.00. The van der Waals surface area contributed by atoms with Crippen molar-refractivity contribution in [1.29, 1.82) is 0 Å². The highest BCUT2D eigenvalue weighted by Gasteiger charge is 2.30. The first-order chi connectivity index (χ1) is 8.45. The lowest BCUT2D eigenvalue weighted by molar-refractivity contribution is -0.137. The first kappa shape index (κ1) is 12.3. The molecular weight excluding hydrogens is 247 g/mol. The predicted molar refractivity (Wildman–Crippen MR) is 56.1 cm³/mol. The molecule has 1 heterocycles. The third-order valence-corrected chi connectivity index (χ3v) is 2.03. The lowest BCUT2D eigenvalue weighted by Gasteiger charge is -2.08. The normalized spacial score (nSPS) is 11.3. The number of aryl methyl sites for hydroxylation is 1. The Morgan fingerprint density at radius 2 is 2.00 bits per heavy atom. The van der Waals surface area contributed by atoms with E-state index in [1.54, 1.807) is 6.92 Å². The van der Waals surface area contributed by atoms with Crippen LogP contribution in [0.15, 0.2) is 30.5 Å². The maximum atomic E-state index is 12.5. The molecule has 0 aliphatic rings. The van der Waals surface area contributed by atoms with Crippen molar-refractivity contribution in [2.45, 2.75) is 13.1 Å². The van der Waals surface area contributed by atoms with Crippen LogP contribution in [0.1, 0.15) is 11.3 Å². The number of nitrogens with zero attached hydrogens (tertiary/aromatic N) is 3. The van der Waals surface area contributed by atoms with Crippen molar-refractivity contribution in [1.82, 2.24) is 15.2 Å². The number of rotatable bonds is 2. The lowest BCUT2D eigenvalue weighted by Crippen LogP contribution is -2.04. The van der Waals surface area contributed by atoms with Crippen LogP contribution in [0.25, 0.3) is 0 Å². The number of hydrogen-bond acceptors (Lipinski definition) is 4. The molecule has 2 aromatic rings. The zero-order valence-corrected chi connectivity index (χ0v) is 9.27. The molecule has 0 saturated heterocycles. The standard InChI is InChI=1S/C11H8F3N3O/c1-7-6-15-17-10(16-7)18-9-4-2-3-8(5-9)11(12,13)14/h2-6H,1H3. The largest absolute Gasteiger partial charge is 0.423 e. The number of benzene rings is 1. The molecule has 0 amide bonds. The fourth-order valence-corrected chi connectivity index (χ4v) is 1.25. The predicted octanol–water partition coefficient (Wildman–Crippen LogP) is 2.99. The third kappa shape index (κ3) is 2.93. The molecule has 0 N–H and O–H groups in total. The van der Waals surface area contributed by atoms with E-state index >= 15 is 0 Å². The van der Waals surface area contributed by atoms with E-state index in [2.05, 4.69) is 15.2 Å². The Morgan fingerprint density at radius 1 is 1.22 bits per heavy atom. The van der Waals surface area contributed by atoms with E-state index in [0.717, 1.165) is 12.1 Å². The lowest BCUT2D eigenvalue weighted by atomic mass is 10.2. The Labute approximate surface area is 100 Å².